The molecule has 3 rings (SSSR count). The van der Waals surface area contributed by atoms with Gasteiger partial charge < -0.3 is 5.73 Å². The highest BCUT2D eigenvalue weighted by molar-refractivity contribution is 7.99. The van der Waals surface area contributed by atoms with Crippen molar-refractivity contribution in [2.45, 2.75) is 17.9 Å². The van der Waals surface area contributed by atoms with Gasteiger partial charge in [-0.1, -0.05) is 60.2 Å². The molecule has 0 aliphatic rings. The van der Waals surface area contributed by atoms with Crippen molar-refractivity contribution in [2.24, 2.45) is 5.73 Å². The third kappa shape index (κ3) is 3.29. The lowest BCUT2D eigenvalue weighted by Gasteiger charge is -2.14. The zero-order valence-corrected chi connectivity index (χ0v) is 12.9. The number of thioether (sulfide) groups is 1. The van der Waals surface area contributed by atoms with Gasteiger partial charge in [0, 0.05) is 16.7 Å². The fourth-order valence-corrected chi connectivity index (χ4v) is 3.55. The van der Waals surface area contributed by atoms with Crippen LogP contribution in [0.5, 0.6) is 0 Å². The summed E-state index contributed by atoms with van der Waals surface area (Å²) in [6.07, 6.45) is 0. The van der Waals surface area contributed by atoms with Crippen molar-refractivity contribution in [3.8, 4) is 0 Å². The molecular weight excluding hydrogens is 274 g/mol. The molecule has 0 bridgehead atoms. The Morgan fingerprint density at radius 2 is 1.71 bits per heavy atom. The molecule has 0 fully saturated rings. The molecule has 0 aromatic heterocycles. The first-order valence-electron chi connectivity index (χ1n) is 7.17. The highest BCUT2D eigenvalue weighted by Gasteiger charge is 2.10. The summed E-state index contributed by atoms with van der Waals surface area (Å²) in [5.74, 6) is 0.886. The average Bonchev–Trinajstić information content (AvgIpc) is 2.52. The third-order valence-corrected chi connectivity index (χ3v) is 4.75. The van der Waals surface area contributed by atoms with Crippen LogP contribution in [0.15, 0.2) is 71.6 Å². The van der Waals surface area contributed by atoms with E-state index < -0.39 is 0 Å². The first kappa shape index (κ1) is 14.2. The molecule has 0 saturated carbocycles. The summed E-state index contributed by atoms with van der Waals surface area (Å²) >= 11 is 1.82. The number of nitrogens with two attached hydrogens (primary N) is 1. The van der Waals surface area contributed by atoms with Gasteiger partial charge in [0.25, 0.3) is 0 Å². The lowest BCUT2D eigenvalue weighted by atomic mass is 10.0. The number of rotatable bonds is 4. The van der Waals surface area contributed by atoms with Crippen molar-refractivity contribution < 1.29 is 0 Å². The van der Waals surface area contributed by atoms with E-state index in [1.54, 1.807) is 0 Å². The largest absolute Gasteiger partial charge is 0.323 e. The molecule has 0 radical (unpaired) electrons. The number of hydrogen-bond donors (Lipinski definition) is 1. The van der Waals surface area contributed by atoms with Crippen LogP contribution in [-0.2, 0) is 0 Å². The molecule has 21 heavy (non-hydrogen) atoms. The van der Waals surface area contributed by atoms with Gasteiger partial charge in [0.2, 0.25) is 0 Å². The van der Waals surface area contributed by atoms with E-state index in [1.165, 1.54) is 26.8 Å². The van der Waals surface area contributed by atoms with E-state index in [1.807, 2.05) is 11.8 Å². The predicted molar refractivity (Wildman–Crippen MR) is 92.8 cm³/mol. The van der Waals surface area contributed by atoms with Crippen LogP contribution in [0.3, 0.4) is 0 Å². The summed E-state index contributed by atoms with van der Waals surface area (Å²) in [7, 11) is 0. The van der Waals surface area contributed by atoms with Crippen LogP contribution in [-0.4, -0.2) is 5.75 Å². The fraction of sp³-hybridized carbons (Fsp3) is 0.158. The monoisotopic (exact) mass is 293 g/mol. The summed E-state index contributed by atoms with van der Waals surface area (Å²) in [6.45, 7) is 2.12. The van der Waals surface area contributed by atoms with Crippen LogP contribution in [0.2, 0.25) is 0 Å². The van der Waals surface area contributed by atoms with Crippen LogP contribution in [0.1, 0.15) is 17.2 Å². The van der Waals surface area contributed by atoms with E-state index in [4.69, 9.17) is 5.73 Å². The van der Waals surface area contributed by atoms with Crippen molar-refractivity contribution in [3.63, 3.8) is 0 Å². The summed E-state index contributed by atoms with van der Waals surface area (Å²) in [5, 5.41) is 2.52. The Balaban J connectivity index is 1.79. The number of fused-ring (bicyclic) bond motifs is 1. The van der Waals surface area contributed by atoms with E-state index in [9.17, 15) is 0 Å². The zero-order valence-electron chi connectivity index (χ0n) is 12.1. The maximum Gasteiger partial charge on any atom is 0.0396 e. The molecule has 1 nitrogen and oxygen atoms in total. The van der Waals surface area contributed by atoms with Gasteiger partial charge in [0.15, 0.2) is 0 Å². The Morgan fingerprint density at radius 1 is 0.952 bits per heavy atom. The summed E-state index contributed by atoms with van der Waals surface area (Å²) in [5.41, 5.74) is 8.95. The molecule has 1 atom stereocenters. The molecule has 2 heteroatoms. The van der Waals surface area contributed by atoms with E-state index in [-0.39, 0.29) is 6.04 Å². The maximum atomic E-state index is 6.43. The molecule has 0 heterocycles. The normalized spacial score (nSPS) is 12.5. The van der Waals surface area contributed by atoms with E-state index in [2.05, 4.69) is 73.7 Å². The maximum absolute atomic E-state index is 6.43. The SMILES string of the molecule is Cc1cccc(SCC(N)c2cccc3ccccc23)c1. The van der Waals surface area contributed by atoms with Gasteiger partial charge in [-0.05, 0) is 35.4 Å². The van der Waals surface area contributed by atoms with Crippen LogP contribution < -0.4 is 5.73 Å². The molecule has 0 aliphatic heterocycles. The van der Waals surface area contributed by atoms with Crippen molar-refractivity contribution in [1.82, 2.24) is 0 Å². The average molecular weight is 293 g/mol. The Labute approximate surface area is 130 Å². The molecule has 0 amide bonds. The molecule has 0 saturated heterocycles. The number of aryl methyl sites for hydroxylation is 1. The Bertz CT molecular complexity index is 746. The van der Waals surface area contributed by atoms with Crippen molar-refractivity contribution in [1.29, 1.82) is 0 Å². The number of benzene rings is 3. The minimum atomic E-state index is 0.0432. The molecular formula is C19H19NS. The molecule has 2 N–H and O–H groups in total. The molecule has 0 spiro atoms. The first-order valence-corrected chi connectivity index (χ1v) is 8.15. The van der Waals surface area contributed by atoms with Gasteiger partial charge >= 0.3 is 0 Å². The summed E-state index contributed by atoms with van der Waals surface area (Å²) < 4.78 is 0. The molecule has 0 aliphatic carbocycles. The van der Waals surface area contributed by atoms with Gasteiger partial charge in [0.05, 0.1) is 0 Å². The van der Waals surface area contributed by atoms with Crippen molar-refractivity contribution >= 4 is 22.5 Å². The smallest absolute Gasteiger partial charge is 0.0396 e. The lowest BCUT2D eigenvalue weighted by molar-refractivity contribution is 0.840. The molecule has 106 valence electrons. The first-order chi connectivity index (χ1) is 10.2. The Hall–Kier alpha value is -1.77. The second-order valence-electron chi connectivity index (χ2n) is 5.30. The quantitative estimate of drug-likeness (QED) is 0.689. The summed E-state index contributed by atoms with van der Waals surface area (Å²) in [4.78, 5) is 1.28. The molecule has 3 aromatic rings. The highest BCUT2D eigenvalue weighted by atomic mass is 32.2. The van der Waals surface area contributed by atoms with Crippen LogP contribution in [0.4, 0.5) is 0 Å². The predicted octanol–water partition coefficient (Wildman–Crippen LogP) is 4.94. The van der Waals surface area contributed by atoms with Gasteiger partial charge in [-0.3, -0.25) is 0 Å². The Morgan fingerprint density at radius 3 is 2.57 bits per heavy atom. The van der Waals surface area contributed by atoms with E-state index >= 15 is 0 Å². The standard InChI is InChI=1S/C19H19NS/c1-14-6-4-9-16(12-14)21-13-19(20)18-11-5-8-15-7-2-3-10-17(15)18/h2-12,19H,13,20H2,1H3. The van der Waals surface area contributed by atoms with E-state index in [0.29, 0.717) is 0 Å². The third-order valence-electron chi connectivity index (χ3n) is 3.64. The molecule has 1 unspecified atom stereocenters. The fourth-order valence-electron chi connectivity index (χ4n) is 2.55. The second kappa shape index (κ2) is 6.33. The minimum absolute atomic E-state index is 0.0432. The van der Waals surface area contributed by atoms with Crippen LogP contribution in [0, 0.1) is 6.92 Å². The zero-order chi connectivity index (χ0) is 14.7. The Kier molecular flexibility index (Phi) is 4.28. The van der Waals surface area contributed by atoms with Gasteiger partial charge in [-0.2, -0.15) is 0 Å². The van der Waals surface area contributed by atoms with E-state index in [0.717, 1.165) is 5.75 Å². The lowest BCUT2D eigenvalue weighted by Crippen LogP contribution is -2.13. The summed E-state index contributed by atoms with van der Waals surface area (Å²) in [6, 6.07) is 23.4. The minimum Gasteiger partial charge on any atom is -0.323 e. The number of hydrogen-bond acceptors (Lipinski definition) is 2. The van der Waals surface area contributed by atoms with Crippen LogP contribution >= 0.6 is 11.8 Å². The van der Waals surface area contributed by atoms with Crippen molar-refractivity contribution in [3.05, 3.63) is 77.9 Å². The van der Waals surface area contributed by atoms with Gasteiger partial charge in [0.1, 0.15) is 0 Å². The second-order valence-corrected chi connectivity index (χ2v) is 6.40. The highest BCUT2D eigenvalue weighted by Crippen LogP contribution is 2.28. The van der Waals surface area contributed by atoms with Crippen LogP contribution in [0.25, 0.3) is 10.8 Å². The van der Waals surface area contributed by atoms with Gasteiger partial charge in [-0.25, -0.2) is 0 Å². The topological polar surface area (TPSA) is 26.0 Å². The molecule has 3 aromatic carbocycles. The van der Waals surface area contributed by atoms with Gasteiger partial charge in [-0.15, -0.1) is 11.8 Å². The van der Waals surface area contributed by atoms with Crippen molar-refractivity contribution in [2.75, 3.05) is 5.75 Å².